The summed E-state index contributed by atoms with van der Waals surface area (Å²) in [6.07, 6.45) is 11.3. The van der Waals surface area contributed by atoms with Gasteiger partial charge in [-0.2, -0.15) is 0 Å². The van der Waals surface area contributed by atoms with Crippen molar-refractivity contribution in [3.8, 4) is 0 Å². The summed E-state index contributed by atoms with van der Waals surface area (Å²) in [6, 6.07) is 0. The summed E-state index contributed by atoms with van der Waals surface area (Å²) < 4.78 is 1.17. The van der Waals surface area contributed by atoms with Crippen LogP contribution in [-0.4, -0.2) is 21.5 Å². The fourth-order valence-electron chi connectivity index (χ4n) is 4.09. The maximum absolute atomic E-state index is 5.14. The Morgan fingerprint density at radius 3 is 2.74 bits per heavy atom. The van der Waals surface area contributed by atoms with E-state index in [0.717, 1.165) is 35.6 Å². The van der Waals surface area contributed by atoms with Gasteiger partial charge in [0.05, 0.1) is 10.2 Å². The first-order valence-electron chi connectivity index (χ1n) is 10.5. The Morgan fingerprint density at radius 1 is 1.15 bits per heavy atom. The molecule has 0 bridgehead atoms. The molecular formula is C22H30N4S. The number of aryl methyl sites for hydroxylation is 2. The Bertz CT molecular complexity index is 945. The highest BCUT2D eigenvalue weighted by molar-refractivity contribution is 7.26. The molecule has 0 fully saturated rings. The van der Waals surface area contributed by atoms with E-state index in [1.807, 2.05) is 0 Å². The lowest BCUT2D eigenvalue weighted by Gasteiger charge is -2.20. The molecule has 0 atom stereocenters. The van der Waals surface area contributed by atoms with Crippen molar-refractivity contribution in [2.45, 2.75) is 72.1 Å². The number of hydrogen-bond acceptors (Lipinski definition) is 5. The van der Waals surface area contributed by atoms with E-state index in [1.165, 1.54) is 65.4 Å². The Kier molecular flexibility index (Phi) is 5.58. The second-order valence-corrected chi connectivity index (χ2v) is 9.12. The Balaban J connectivity index is 1.83. The number of nitrogens with one attached hydrogen (secondary N) is 1. The number of rotatable bonds is 7. The van der Waals surface area contributed by atoms with E-state index in [-0.39, 0.29) is 0 Å². The van der Waals surface area contributed by atoms with Crippen LogP contribution >= 0.6 is 11.3 Å². The van der Waals surface area contributed by atoms with Crippen molar-refractivity contribution in [1.82, 2.24) is 15.0 Å². The lowest BCUT2D eigenvalue weighted by Crippen LogP contribution is -2.09. The first-order chi connectivity index (χ1) is 13.2. The van der Waals surface area contributed by atoms with Gasteiger partial charge >= 0.3 is 0 Å². The fourth-order valence-corrected chi connectivity index (χ4v) is 5.24. The average Bonchev–Trinajstić information content (AvgIpc) is 3.05. The average molecular weight is 383 g/mol. The van der Waals surface area contributed by atoms with Crippen LogP contribution in [0, 0.1) is 5.92 Å². The van der Waals surface area contributed by atoms with Gasteiger partial charge in [0.15, 0.2) is 0 Å². The lowest BCUT2D eigenvalue weighted by molar-refractivity contribution is 0.607. The summed E-state index contributed by atoms with van der Waals surface area (Å²) in [7, 11) is 0. The molecule has 1 aliphatic carbocycles. The number of hydrogen-bond donors (Lipinski definition) is 1. The number of fused-ring (bicyclic) bond motifs is 5. The molecule has 144 valence electrons. The van der Waals surface area contributed by atoms with Crippen LogP contribution in [0.2, 0.25) is 0 Å². The van der Waals surface area contributed by atoms with Gasteiger partial charge in [-0.25, -0.2) is 15.0 Å². The van der Waals surface area contributed by atoms with Gasteiger partial charge in [0.1, 0.15) is 17.0 Å². The lowest BCUT2D eigenvalue weighted by atomic mass is 9.87. The molecule has 1 N–H and O–H groups in total. The molecule has 4 nitrogen and oxygen atoms in total. The second kappa shape index (κ2) is 8.09. The molecule has 0 saturated heterocycles. The van der Waals surface area contributed by atoms with Gasteiger partial charge in [0.25, 0.3) is 0 Å². The van der Waals surface area contributed by atoms with Gasteiger partial charge in [-0.3, -0.25) is 0 Å². The van der Waals surface area contributed by atoms with Crippen molar-refractivity contribution in [3.63, 3.8) is 0 Å². The maximum atomic E-state index is 5.14. The molecule has 0 radical (unpaired) electrons. The molecule has 0 amide bonds. The SMILES string of the molecule is CCCCc1nc2sc3c(NCCC(C)C)ncnc3c2c2c1CCCC2. The molecule has 27 heavy (non-hydrogen) atoms. The summed E-state index contributed by atoms with van der Waals surface area (Å²) in [5.74, 6) is 1.66. The quantitative estimate of drug-likeness (QED) is 0.551. The summed E-state index contributed by atoms with van der Waals surface area (Å²) >= 11 is 1.77. The van der Waals surface area contributed by atoms with Crippen molar-refractivity contribution < 1.29 is 0 Å². The molecule has 3 heterocycles. The molecule has 0 saturated carbocycles. The summed E-state index contributed by atoms with van der Waals surface area (Å²) in [5.41, 5.74) is 5.49. The van der Waals surface area contributed by atoms with Crippen molar-refractivity contribution >= 4 is 37.6 Å². The first kappa shape index (κ1) is 18.6. The molecule has 3 aromatic heterocycles. The van der Waals surface area contributed by atoms with Crippen LogP contribution in [-0.2, 0) is 19.3 Å². The zero-order valence-corrected chi connectivity index (χ0v) is 17.6. The third kappa shape index (κ3) is 3.66. The topological polar surface area (TPSA) is 50.7 Å². The third-order valence-corrected chi connectivity index (χ3v) is 6.67. The minimum absolute atomic E-state index is 0.687. The van der Waals surface area contributed by atoms with Gasteiger partial charge in [0.2, 0.25) is 0 Å². The van der Waals surface area contributed by atoms with Crippen molar-refractivity contribution in [3.05, 3.63) is 23.1 Å². The van der Waals surface area contributed by atoms with Gasteiger partial charge in [-0.15, -0.1) is 11.3 Å². The van der Waals surface area contributed by atoms with Crippen LogP contribution in [0.5, 0.6) is 0 Å². The van der Waals surface area contributed by atoms with Crippen molar-refractivity contribution in [2.24, 2.45) is 5.92 Å². The zero-order chi connectivity index (χ0) is 18.8. The second-order valence-electron chi connectivity index (χ2n) is 8.12. The fraction of sp³-hybridized carbons (Fsp3) is 0.591. The monoisotopic (exact) mass is 382 g/mol. The third-order valence-electron chi connectivity index (χ3n) is 5.59. The van der Waals surface area contributed by atoms with E-state index in [0.29, 0.717) is 5.92 Å². The van der Waals surface area contributed by atoms with Crippen LogP contribution in [0.25, 0.3) is 20.4 Å². The van der Waals surface area contributed by atoms with E-state index >= 15 is 0 Å². The molecule has 0 spiro atoms. The Morgan fingerprint density at radius 2 is 1.96 bits per heavy atom. The molecule has 1 aliphatic rings. The first-order valence-corrected chi connectivity index (χ1v) is 11.3. The number of aromatic nitrogens is 3. The van der Waals surface area contributed by atoms with Crippen LogP contribution < -0.4 is 5.32 Å². The molecular weight excluding hydrogens is 352 g/mol. The van der Waals surface area contributed by atoms with E-state index in [1.54, 1.807) is 17.7 Å². The highest BCUT2D eigenvalue weighted by Crippen LogP contribution is 2.40. The molecule has 4 rings (SSSR count). The summed E-state index contributed by atoms with van der Waals surface area (Å²) in [6.45, 7) is 7.72. The summed E-state index contributed by atoms with van der Waals surface area (Å²) in [4.78, 5) is 15.5. The molecule has 3 aromatic rings. The van der Waals surface area contributed by atoms with Crippen LogP contribution in [0.4, 0.5) is 5.82 Å². The van der Waals surface area contributed by atoms with Gasteiger partial charge in [0, 0.05) is 17.6 Å². The largest absolute Gasteiger partial charge is 0.369 e. The predicted octanol–water partition coefficient (Wildman–Crippen LogP) is 5.92. The number of nitrogens with zero attached hydrogens (tertiary/aromatic N) is 3. The number of anilines is 1. The molecule has 0 unspecified atom stereocenters. The van der Waals surface area contributed by atoms with Crippen molar-refractivity contribution in [1.29, 1.82) is 0 Å². The van der Waals surface area contributed by atoms with Gasteiger partial charge in [-0.05, 0) is 62.0 Å². The standard InChI is InChI=1S/C22H30N4S/c1-4-5-10-17-15-8-6-7-9-16(15)18-19-20(27-22(18)26-17)21(25-13-24-19)23-12-11-14(2)3/h13-14H,4-12H2,1-3H3,(H,23,24,25). The van der Waals surface area contributed by atoms with Crippen LogP contribution in [0.1, 0.15) is 69.7 Å². The van der Waals surface area contributed by atoms with E-state index in [4.69, 9.17) is 9.97 Å². The number of unbranched alkanes of at least 4 members (excludes halogenated alkanes) is 1. The Labute approximate surface area is 165 Å². The molecule has 0 aliphatic heterocycles. The maximum Gasteiger partial charge on any atom is 0.147 e. The van der Waals surface area contributed by atoms with Gasteiger partial charge in [-0.1, -0.05) is 27.2 Å². The van der Waals surface area contributed by atoms with Crippen molar-refractivity contribution in [2.75, 3.05) is 11.9 Å². The smallest absolute Gasteiger partial charge is 0.147 e. The minimum Gasteiger partial charge on any atom is -0.369 e. The predicted molar refractivity (Wildman–Crippen MR) is 116 cm³/mol. The van der Waals surface area contributed by atoms with E-state index in [9.17, 15) is 0 Å². The van der Waals surface area contributed by atoms with Gasteiger partial charge < -0.3 is 5.32 Å². The minimum atomic E-state index is 0.687. The number of thiophene rings is 1. The molecule has 5 heteroatoms. The van der Waals surface area contributed by atoms with E-state index in [2.05, 4.69) is 31.1 Å². The normalized spacial score (nSPS) is 14.2. The molecule has 0 aromatic carbocycles. The highest BCUT2D eigenvalue weighted by atomic mass is 32.1. The van der Waals surface area contributed by atoms with Crippen LogP contribution in [0.3, 0.4) is 0 Å². The zero-order valence-electron chi connectivity index (χ0n) is 16.8. The van der Waals surface area contributed by atoms with E-state index < -0.39 is 0 Å². The Hall–Kier alpha value is -1.75. The summed E-state index contributed by atoms with van der Waals surface area (Å²) in [5, 5.41) is 4.85. The highest BCUT2D eigenvalue weighted by Gasteiger charge is 2.22. The number of pyridine rings is 1. The van der Waals surface area contributed by atoms with Crippen LogP contribution in [0.15, 0.2) is 6.33 Å².